The Kier molecular flexibility index (Phi) is 6.61. The fourth-order valence-corrected chi connectivity index (χ4v) is 3.66. The number of ether oxygens (including phenoxy) is 1. The van der Waals surface area contributed by atoms with Crippen LogP contribution in [-0.2, 0) is 9.53 Å². The summed E-state index contributed by atoms with van der Waals surface area (Å²) < 4.78 is 5.11. The molecule has 0 atom stereocenters. The largest absolute Gasteiger partial charge is 0.444 e. The second-order valence-electron chi connectivity index (χ2n) is 7.54. The van der Waals surface area contributed by atoms with Crippen LogP contribution in [0.15, 0.2) is 24.3 Å². The van der Waals surface area contributed by atoms with Crippen molar-refractivity contribution in [2.75, 3.05) is 11.9 Å². The third-order valence-electron chi connectivity index (χ3n) is 4.05. The van der Waals surface area contributed by atoms with E-state index in [1.54, 1.807) is 26.8 Å². The lowest BCUT2D eigenvalue weighted by Gasteiger charge is -2.19. The van der Waals surface area contributed by atoms with Crippen molar-refractivity contribution in [2.45, 2.75) is 47.1 Å². The van der Waals surface area contributed by atoms with E-state index in [0.29, 0.717) is 16.1 Å². The van der Waals surface area contributed by atoms with Gasteiger partial charge in [-0.25, -0.2) is 4.79 Å². The van der Waals surface area contributed by atoms with Crippen molar-refractivity contribution in [1.82, 2.24) is 5.32 Å². The first-order chi connectivity index (χ1) is 13.0. The zero-order chi connectivity index (χ0) is 21.1. The van der Waals surface area contributed by atoms with Gasteiger partial charge in [-0.1, -0.05) is 24.3 Å². The summed E-state index contributed by atoms with van der Waals surface area (Å²) in [5, 5.41) is 5.65. The lowest BCUT2D eigenvalue weighted by atomic mass is 9.97. The molecule has 2 rings (SSSR count). The molecule has 2 aromatic rings. The van der Waals surface area contributed by atoms with E-state index in [0.717, 1.165) is 16.0 Å². The van der Waals surface area contributed by atoms with Crippen molar-refractivity contribution >= 4 is 34.1 Å². The number of aryl methyl sites for hydroxylation is 2. The maximum absolute atomic E-state index is 13.1. The molecule has 150 valence electrons. The Hall–Kier alpha value is -2.67. The van der Waals surface area contributed by atoms with E-state index in [2.05, 4.69) is 10.6 Å². The zero-order valence-electron chi connectivity index (χ0n) is 17.1. The van der Waals surface area contributed by atoms with Gasteiger partial charge in [0.15, 0.2) is 5.78 Å². The Bertz CT molecular complexity index is 910. The number of rotatable bonds is 5. The van der Waals surface area contributed by atoms with Gasteiger partial charge in [0, 0.05) is 10.4 Å². The summed E-state index contributed by atoms with van der Waals surface area (Å²) in [5.41, 5.74) is 2.16. The summed E-state index contributed by atoms with van der Waals surface area (Å²) >= 11 is 1.35. The van der Waals surface area contributed by atoms with Crippen LogP contribution in [0.1, 0.15) is 52.7 Å². The summed E-state index contributed by atoms with van der Waals surface area (Å²) in [6.45, 7) is 10.6. The Labute approximate surface area is 169 Å². The van der Waals surface area contributed by atoms with E-state index in [9.17, 15) is 14.4 Å². The first-order valence-corrected chi connectivity index (χ1v) is 9.78. The van der Waals surface area contributed by atoms with E-state index in [-0.39, 0.29) is 12.3 Å². The van der Waals surface area contributed by atoms with Gasteiger partial charge >= 0.3 is 6.09 Å². The minimum absolute atomic E-state index is 0.129. The monoisotopic (exact) mass is 402 g/mol. The second-order valence-corrected chi connectivity index (χ2v) is 8.76. The Morgan fingerprint density at radius 1 is 1.07 bits per heavy atom. The van der Waals surface area contributed by atoms with Gasteiger partial charge in [-0.05, 0) is 52.7 Å². The van der Waals surface area contributed by atoms with Crippen LogP contribution in [0.4, 0.5) is 9.80 Å². The molecule has 0 saturated carbocycles. The molecule has 0 fully saturated rings. The molecule has 0 saturated heterocycles. The third kappa shape index (κ3) is 5.42. The molecule has 0 unspecified atom stereocenters. The molecule has 0 aliphatic heterocycles. The predicted octanol–water partition coefficient (Wildman–Crippen LogP) is 4.37. The fraction of sp³-hybridized carbons (Fsp3) is 0.381. The third-order valence-corrected chi connectivity index (χ3v) is 5.17. The number of ketones is 1. The molecule has 0 aliphatic rings. The maximum atomic E-state index is 13.1. The number of carbonyl (C=O) groups is 3. The number of thiophene rings is 1. The predicted molar refractivity (Wildman–Crippen MR) is 111 cm³/mol. The normalized spacial score (nSPS) is 11.1. The topological polar surface area (TPSA) is 84.5 Å². The van der Waals surface area contributed by atoms with Gasteiger partial charge < -0.3 is 15.4 Å². The van der Waals surface area contributed by atoms with Crippen molar-refractivity contribution in [3.05, 3.63) is 51.4 Å². The fourth-order valence-electron chi connectivity index (χ4n) is 2.59. The highest BCUT2D eigenvalue weighted by Crippen LogP contribution is 2.34. The Balaban J connectivity index is 2.16. The lowest BCUT2D eigenvalue weighted by Crippen LogP contribution is -2.37. The molecule has 2 amide bonds. The highest BCUT2D eigenvalue weighted by atomic mass is 32.1. The number of benzene rings is 1. The average molecular weight is 403 g/mol. The molecule has 1 heterocycles. The molecular weight excluding hydrogens is 376 g/mol. The summed E-state index contributed by atoms with van der Waals surface area (Å²) in [7, 11) is 0. The van der Waals surface area contributed by atoms with Gasteiger partial charge in [-0.15, -0.1) is 11.3 Å². The summed E-state index contributed by atoms with van der Waals surface area (Å²) in [5.74, 6) is -0.554. The minimum atomic E-state index is -0.669. The molecule has 0 spiro atoms. The quantitative estimate of drug-likeness (QED) is 0.728. The van der Waals surface area contributed by atoms with Crippen LogP contribution in [0, 0.1) is 20.8 Å². The number of alkyl carbamates (subject to hydrolysis) is 1. The molecule has 7 heteroatoms. The molecule has 0 aliphatic carbocycles. The SMILES string of the molecule is Cc1ccccc1C(=O)c1c(NC(=O)CNC(=O)OC(C)(C)C)sc(C)c1C. The van der Waals surface area contributed by atoms with Crippen LogP contribution in [0.25, 0.3) is 0 Å². The van der Waals surface area contributed by atoms with Crippen molar-refractivity contribution in [2.24, 2.45) is 0 Å². The number of hydrogen-bond acceptors (Lipinski definition) is 5. The van der Waals surface area contributed by atoms with Crippen LogP contribution in [0.2, 0.25) is 0 Å². The molecule has 0 bridgehead atoms. The van der Waals surface area contributed by atoms with Crippen LogP contribution in [-0.4, -0.2) is 29.9 Å². The number of hydrogen-bond donors (Lipinski definition) is 2. The van der Waals surface area contributed by atoms with Gasteiger partial charge in [-0.2, -0.15) is 0 Å². The molecule has 2 N–H and O–H groups in total. The summed E-state index contributed by atoms with van der Waals surface area (Å²) in [6.07, 6.45) is -0.669. The van der Waals surface area contributed by atoms with Gasteiger partial charge in [0.25, 0.3) is 0 Å². The van der Waals surface area contributed by atoms with E-state index in [1.165, 1.54) is 11.3 Å². The molecule has 1 aromatic heterocycles. The number of anilines is 1. The van der Waals surface area contributed by atoms with Crippen molar-refractivity contribution in [3.8, 4) is 0 Å². The van der Waals surface area contributed by atoms with Gasteiger partial charge in [0.1, 0.15) is 17.1 Å². The van der Waals surface area contributed by atoms with Crippen LogP contribution in [0.3, 0.4) is 0 Å². The average Bonchev–Trinajstić information content (AvgIpc) is 2.85. The van der Waals surface area contributed by atoms with Crippen molar-refractivity contribution in [3.63, 3.8) is 0 Å². The smallest absolute Gasteiger partial charge is 0.408 e. The molecular formula is C21H26N2O4S. The Morgan fingerprint density at radius 3 is 2.32 bits per heavy atom. The molecule has 0 radical (unpaired) electrons. The first kappa shape index (κ1) is 21.6. The number of amides is 2. The van der Waals surface area contributed by atoms with Crippen LogP contribution >= 0.6 is 11.3 Å². The molecule has 1 aromatic carbocycles. The van der Waals surface area contributed by atoms with Crippen LogP contribution < -0.4 is 10.6 Å². The minimum Gasteiger partial charge on any atom is -0.444 e. The standard InChI is InChI=1S/C21H26N2O4S/c1-12-9-7-8-10-15(12)18(25)17-13(2)14(3)28-19(17)23-16(24)11-22-20(26)27-21(4,5)6/h7-10H,11H2,1-6H3,(H,22,26)(H,23,24). The van der Waals surface area contributed by atoms with E-state index >= 15 is 0 Å². The van der Waals surface area contributed by atoms with E-state index in [4.69, 9.17) is 4.74 Å². The summed E-state index contributed by atoms with van der Waals surface area (Å²) in [6, 6.07) is 7.35. The second kappa shape index (κ2) is 8.56. The van der Waals surface area contributed by atoms with Crippen molar-refractivity contribution < 1.29 is 19.1 Å². The molecule has 6 nitrogen and oxygen atoms in total. The summed E-state index contributed by atoms with van der Waals surface area (Å²) in [4.78, 5) is 38.0. The van der Waals surface area contributed by atoms with E-state index in [1.807, 2.05) is 39.0 Å². The van der Waals surface area contributed by atoms with Gasteiger partial charge in [-0.3, -0.25) is 9.59 Å². The maximum Gasteiger partial charge on any atom is 0.408 e. The zero-order valence-corrected chi connectivity index (χ0v) is 17.9. The first-order valence-electron chi connectivity index (χ1n) is 8.96. The van der Waals surface area contributed by atoms with Crippen molar-refractivity contribution in [1.29, 1.82) is 0 Å². The number of carbonyl (C=O) groups excluding carboxylic acids is 3. The highest BCUT2D eigenvalue weighted by Gasteiger charge is 2.23. The van der Waals surface area contributed by atoms with Gasteiger partial charge in [0.2, 0.25) is 5.91 Å². The highest BCUT2D eigenvalue weighted by molar-refractivity contribution is 7.16. The molecule has 28 heavy (non-hydrogen) atoms. The lowest BCUT2D eigenvalue weighted by molar-refractivity contribution is -0.115. The van der Waals surface area contributed by atoms with Crippen LogP contribution in [0.5, 0.6) is 0 Å². The Morgan fingerprint density at radius 2 is 1.71 bits per heavy atom. The van der Waals surface area contributed by atoms with E-state index < -0.39 is 17.6 Å². The number of nitrogens with one attached hydrogen (secondary N) is 2. The van der Waals surface area contributed by atoms with Gasteiger partial charge in [0.05, 0.1) is 5.56 Å².